The molecular formula is C38H38ClN3O9. The number of aromatic nitrogens is 1. The minimum Gasteiger partial charge on any atom is -0.493 e. The summed E-state index contributed by atoms with van der Waals surface area (Å²) in [6.07, 6.45) is 0.882. The van der Waals surface area contributed by atoms with Crippen LogP contribution in [0.2, 0.25) is 5.02 Å². The fraction of sp³-hybridized carbons (Fsp3) is 0.263. The van der Waals surface area contributed by atoms with Crippen molar-refractivity contribution in [1.29, 1.82) is 0 Å². The number of aliphatic hydroxyl groups excluding tert-OH is 4. The lowest BCUT2D eigenvalue weighted by Crippen LogP contribution is -2.38. The van der Waals surface area contributed by atoms with E-state index in [-0.39, 0.29) is 32.3 Å². The standard InChI is InChI=1S/C38H38ClN3O9/c1-48-34-9-4-22(35-17-32(42-51-35)24-13-25(18-43)30(21-46)26(14-24)19-44)15-36(34)50-11-3-2-10-49-33-8-5-23(12-27(33)20-45)37-40-31-7-6-28(39)16-29(31)38(47)41-37/h4-9,12-17,37,40,43-46H,2-3,10-11,18-21H2,1H3,(H,41,47). The average Bonchev–Trinajstić information content (AvgIpc) is 3.66. The summed E-state index contributed by atoms with van der Waals surface area (Å²) in [7, 11) is 1.56. The van der Waals surface area contributed by atoms with Gasteiger partial charge in [-0.1, -0.05) is 22.8 Å². The molecule has 6 N–H and O–H groups in total. The molecular weight excluding hydrogens is 678 g/mol. The molecule has 5 aromatic rings. The Bertz CT molecular complexity index is 1990. The smallest absolute Gasteiger partial charge is 0.255 e. The molecule has 6 rings (SSSR count). The van der Waals surface area contributed by atoms with Crippen molar-refractivity contribution >= 4 is 23.2 Å². The SMILES string of the molecule is COc1ccc(-c2cc(-c3cc(CO)c(CO)c(CO)c3)no2)cc1OCCCCOc1ccc(C2NC(=O)c3cc(Cl)ccc3N2)cc1CO. The van der Waals surface area contributed by atoms with Crippen LogP contribution < -0.4 is 24.8 Å². The van der Waals surface area contributed by atoms with Gasteiger partial charge in [0.05, 0.1) is 52.3 Å². The minimum absolute atomic E-state index is 0.231. The number of nitrogens with one attached hydrogen (secondary N) is 2. The molecule has 1 unspecified atom stereocenters. The molecule has 1 aromatic heterocycles. The van der Waals surface area contributed by atoms with Crippen LogP contribution >= 0.6 is 11.6 Å². The Morgan fingerprint density at radius 3 is 2.14 bits per heavy atom. The number of hydrogen-bond acceptors (Lipinski definition) is 11. The Morgan fingerprint density at radius 2 is 1.45 bits per heavy atom. The molecule has 0 spiro atoms. The number of nitrogens with zero attached hydrogens (tertiary/aromatic N) is 1. The first-order valence-corrected chi connectivity index (χ1v) is 16.7. The quantitative estimate of drug-likeness (QED) is 0.0730. The van der Waals surface area contributed by atoms with E-state index in [0.29, 0.717) is 104 Å². The molecule has 4 aromatic carbocycles. The second-order valence-electron chi connectivity index (χ2n) is 11.9. The largest absolute Gasteiger partial charge is 0.493 e. The van der Waals surface area contributed by atoms with Crippen molar-refractivity contribution in [2.45, 2.75) is 45.4 Å². The third-order valence-electron chi connectivity index (χ3n) is 8.63. The first kappa shape index (κ1) is 35.7. The van der Waals surface area contributed by atoms with Crippen molar-refractivity contribution in [2.24, 2.45) is 0 Å². The van der Waals surface area contributed by atoms with Crippen molar-refractivity contribution in [3.05, 3.63) is 111 Å². The van der Waals surface area contributed by atoms with Gasteiger partial charge in [0.2, 0.25) is 0 Å². The van der Waals surface area contributed by atoms with E-state index in [1.807, 2.05) is 12.1 Å². The van der Waals surface area contributed by atoms with Crippen LogP contribution in [0.1, 0.15) is 57.2 Å². The zero-order valence-electron chi connectivity index (χ0n) is 27.8. The maximum absolute atomic E-state index is 12.7. The van der Waals surface area contributed by atoms with E-state index >= 15 is 0 Å². The first-order valence-electron chi connectivity index (χ1n) is 16.3. The number of unbranched alkanes of at least 4 members (excludes halogenated alkanes) is 1. The van der Waals surface area contributed by atoms with Gasteiger partial charge in [0.15, 0.2) is 17.3 Å². The zero-order valence-corrected chi connectivity index (χ0v) is 28.6. The Morgan fingerprint density at radius 1 is 0.745 bits per heavy atom. The van der Waals surface area contributed by atoms with Crippen LogP contribution in [0.4, 0.5) is 5.69 Å². The highest BCUT2D eigenvalue weighted by atomic mass is 35.5. The van der Waals surface area contributed by atoms with Crippen molar-refractivity contribution in [2.75, 3.05) is 25.6 Å². The number of ether oxygens (including phenoxy) is 3. The Hall–Kier alpha value is -5.11. The van der Waals surface area contributed by atoms with Crippen LogP contribution in [0.15, 0.2) is 77.3 Å². The van der Waals surface area contributed by atoms with E-state index < -0.39 is 6.17 Å². The van der Waals surface area contributed by atoms with E-state index in [1.165, 1.54) is 0 Å². The summed E-state index contributed by atoms with van der Waals surface area (Å²) in [5.74, 6) is 1.88. The number of halogens is 1. The van der Waals surface area contributed by atoms with Gasteiger partial charge >= 0.3 is 0 Å². The van der Waals surface area contributed by atoms with Crippen LogP contribution in [-0.2, 0) is 26.4 Å². The number of carbonyl (C=O) groups is 1. The number of fused-ring (bicyclic) bond motifs is 1. The number of carbonyl (C=O) groups excluding carboxylic acids is 1. The van der Waals surface area contributed by atoms with E-state index in [1.54, 1.807) is 67.8 Å². The molecule has 0 bridgehead atoms. The maximum Gasteiger partial charge on any atom is 0.255 e. The number of amides is 1. The number of aliphatic hydroxyl groups is 4. The maximum atomic E-state index is 12.7. The summed E-state index contributed by atoms with van der Waals surface area (Å²) in [6, 6.07) is 21.1. The van der Waals surface area contributed by atoms with Crippen molar-refractivity contribution in [3.8, 4) is 39.8 Å². The van der Waals surface area contributed by atoms with E-state index in [0.717, 1.165) is 5.56 Å². The van der Waals surface area contributed by atoms with Crippen LogP contribution in [0.3, 0.4) is 0 Å². The lowest BCUT2D eigenvalue weighted by molar-refractivity contribution is 0.0935. The first-order chi connectivity index (χ1) is 24.8. The molecule has 266 valence electrons. The van der Waals surface area contributed by atoms with Gasteiger partial charge < -0.3 is 49.8 Å². The third kappa shape index (κ3) is 7.95. The summed E-state index contributed by atoms with van der Waals surface area (Å²) >= 11 is 6.04. The predicted molar refractivity (Wildman–Crippen MR) is 190 cm³/mol. The van der Waals surface area contributed by atoms with Gasteiger partial charge in [0.1, 0.15) is 17.6 Å². The molecule has 1 amide bonds. The van der Waals surface area contributed by atoms with Crippen LogP contribution in [0.25, 0.3) is 22.6 Å². The molecule has 1 aliphatic heterocycles. The monoisotopic (exact) mass is 715 g/mol. The summed E-state index contributed by atoms with van der Waals surface area (Å²) in [4.78, 5) is 12.7. The fourth-order valence-electron chi connectivity index (χ4n) is 5.93. The summed E-state index contributed by atoms with van der Waals surface area (Å²) in [6.45, 7) is -0.332. The van der Waals surface area contributed by atoms with Gasteiger partial charge in [-0.2, -0.15) is 0 Å². The number of benzene rings is 4. The van der Waals surface area contributed by atoms with Crippen LogP contribution in [0.5, 0.6) is 17.2 Å². The fourth-order valence-corrected chi connectivity index (χ4v) is 6.10. The molecule has 12 nitrogen and oxygen atoms in total. The molecule has 0 saturated heterocycles. The van der Waals surface area contributed by atoms with Gasteiger partial charge in [0.25, 0.3) is 5.91 Å². The second kappa shape index (κ2) is 16.3. The molecule has 1 aliphatic rings. The number of hydrogen-bond donors (Lipinski definition) is 6. The minimum atomic E-state index is -0.478. The molecule has 0 aliphatic carbocycles. The Kier molecular flexibility index (Phi) is 11.4. The highest BCUT2D eigenvalue weighted by Gasteiger charge is 2.25. The molecule has 51 heavy (non-hydrogen) atoms. The highest BCUT2D eigenvalue weighted by Crippen LogP contribution is 2.36. The Balaban J connectivity index is 1.04. The molecule has 0 fully saturated rings. The zero-order chi connectivity index (χ0) is 35.9. The summed E-state index contributed by atoms with van der Waals surface area (Å²) < 4.78 is 23.2. The van der Waals surface area contributed by atoms with Gasteiger partial charge in [-0.15, -0.1) is 0 Å². The number of rotatable bonds is 15. The summed E-state index contributed by atoms with van der Waals surface area (Å²) in [5, 5.41) is 50.2. The van der Waals surface area contributed by atoms with Crippen molar-refractivity contribution < 1.29 is 44.0 Å². The average molecular weight is 716 g/mol. The van der Waals surface area contributed by atoms with Gasteiger partial charge in [0, 0.05) is 33.5 Å². The lowest BCUT2D eigenvalue weighted by atomic mass is 9.97. The van der Waals surface area contributed by atoms with Gasteiger partial charge in [-0.05, 0) is 95.8 Å². The van der Waals surface area contributed by atoms with E-state index in [2.05, 4.69) is 15.8 Å². The van der Waals surface area contributed by atoms with Crippen LogP contribution in [0, 0.1) is 0 Å². The molecule has 2 heterocycles. The predicted octanol–water partition coefficient (Wildman–Crippen LogP) is 5.73. The third-order valence-corrected chi connectivity index (χ3v) is 8.87. The van der Waals surface area contributed by atoms with Crippen molar-refractivity contribution in [3.63, 3.8) is 0 Å². The molecule has 13 heteroatoms. The van der Waals surface area contributed by atoms with E-state index in [4.69, 9.17) is 30.3 Å². The second-order valence-corrected chi connectivity index (χ2v) is 12.3. The number of anilines is 1. The molecule has 1 atom stereocenters. The molecule has 0 saturated carbocycles. The van der Waals surface area contributed by atoms with E-state index in [9.17, 15) is 25.2 Å². The highest BCUT2D eigenvalue weighted by molar-refractivity contribution is 6.31. The van der Waals surface area contributed by atoms with Crippen molar-refractivity contribution in [1.82, 2.24) is 10.5 Å². The topological polar surface area (TPSA) is 176 Å². The Labute approximate surface area is 299 Å². The van der Waals surface area contributed by atoms with Crippen LogP contribution in [-0.4, -0.2) is 51.8 Å². The normalized spacial score (nSPS) is 13.7. The lowest BCUT2D eigenvalue weighted by Gasteiger charge is -2.28. The van der Waals surface area contributed by atoms with Gasteiger partial charge in [-0.25, -0.2) is 0 Å². The molecule has 0 radical (unpaired) electrons. The number of methoxy groups -OCH3 is 1. The van der Waals surface area contributed by atoms with Gasteiger partial charge in [-0.3, -0.25) is 4.79 Å². The summed E-state index contributed by atoms with van der Waals surface area (Å²) in [5.41, 5.74) is 5.87.